The van der Waals surface area contributed by atoms with Gasteiger partial charge in [-0.15, -0.1) is 0 Å². The van der Waals surface area contributed by atoms with Crippen molar-refractivity contribution in [3.8, 4) is 0 Å². The molecule has 1 N–H and O–H groups in total. The molecule has 2 amide bonds. The minimum absolute atomic E-state index is 0.0565. The van der Waals surface area contributed by atoms with E-state index in [2.05, 4.69) is 21.2 Å². The standard InChI is InChI=1S/C14H17BrN2O3/c1-9-7-17(8-10(2)20-9)14(19)13(18)16-12-6-4-3-5-11(12)15/h3-6,9-10H,7-8H2,1-2H3,(H,16,18). The van der Waals surface area contributed by atoms with Crippen LogP contribution in [0.4, 0.5) is 5.69 Å². The van der Waals surface area contributed by atoms with Gasteiger partial charge in [0.25, 0.3) is 0 Å². The molecule has 1 aromatic rings. The molecular weight excluding hydrogens is 324 g/mol. The normalized spacial score (nSPS) is 22.4. The fourth-order valence-electron chi connectivity index (χ4n) is 2.23. The predicted octanol–water partition coefficient (Wildman–Crippen LogP) is 2.02. The molecule has 0 aliphatic carbocycles. The minimum atomic E-state index is -0.627. The van der Waals surface area contributed by atoms with Crippen LogP contribution in [-0.4, -0.2) is 42.0 Å². The summed E-state index contributed by atoms with van der Waals surface area (Å²) < 4.78 is 6.29. The number of nitrogens with zero attached hydrogens (tertiary/aromatic N) is 1. The Bertz CT molecular complexity index is 511. The van der Waals surface area contributed by atoms with Crippen molar-refractivity contribution in [3.63, 3.8) is 0 Å². The Kier molecular flexibility index (Phi) is 4.77. The zero-order chi connectivity index (χ0) is 14.7. The van der Waals surface area contributed by atoms with Gasteiger partial charge in [0.05, 0.1) is 17.9 Å². The summed E-state index contributed by atoms with van der Waals surface area (Å²) in [6, 6.07) is 7.18. The number of amides is 2. The predicted molar refractivity (Wildman–Crippen MR) is 79.4 cm³/mol. The Balaban J connectivity index is 2.02. The van der Waals surface area contributed by atoms with Crippen molar-refractivity contribution in [2.24, 2.45) is 0 Å². The molecule has 0 bridgehead atoms. The van der Waals surface area contributed by atoms with Gasteiger partial charge in [-0.25, -0.2) is 0 Å². The molecule has 1 aliphatic heterocycles. The third-order valence-electron chi connectivity index (χ3n) is 3.02. The molecule has 1 heterocycles. The van der Waals surface area contributed by atoms with E-state index in [9.17, 15) is 9.59 Å². The zero-order valence-corrected chi connectivity index (χ0v) is 13.0. The van der Waals surface area contributed by atoms with Crippen molar-refractivity contribution in [1.82, 2.24) is 4.90 Å². The van der Waals surface area contributed by atoms with E-state index in [-0.39, 0.29) is 12.2 Å². The fraction of sp³-hybridized carbons (Fsp3) is 0.429. The highest BCUT2D eigenvalue weighted by Gasteiger charge is 2.29. The Morgan fingerprint density at radius 3 is 2.45 bits per heavy atom. The van der Waals surface area contributed by atoms with Crippen LogP contribution < -0.4 is 5.32 Å². The third-order valence-corrected chi connectivity index (χ3v) is 3.71. The van der Waals surface area contributed by atoms with E-state index >= 15 is 0 Å². The highest BCUT2D eigenvalue weighted by molar-refractivity contribution is 9.10. The highest BCUT2D eigenvalue weighted by Crippen LogP contribution is 2.21. The first kappa shape index (κ1) is 15.0. The largest absolute Gasteiger partial charge is 0.372 e. The van der Waals surface area contributed by atoms with Gasteiger partial charge in [-0.3, -0.25) is 9.59 Å². The molecule has 2 atom stereocenters. The van der Waals surface area contributed by atoms with E-state index in [1.807, 2.05) is 19.9 Å². The van der Waals surface area contributed by atoms with Gasteiger partial charge in [0.2, 0.25) is 0 Å². The average molecular weight is 341 g/mol. The number of carbonyl (C=O) groups is 2. The van der Waals surface area contributed by atoms with Gasteiger partial charge in [0.1, 0.15) is 0 Å². The smallest absolute Gasteiger partial charge is 0.313 e. The second-order valence-corrected chi connectivity index (χ2v) is 5.76. The van der Waals surface area contributed by atoms with E-state index in [1.165, 1.54) is 4.90 Å². The highest BCUT2D eigenvalue weighted by atomic mass is 79.9. The molecule has 6 heteroatoms. The van der Waals surface area contributed by atoms with Crippen molar-refractivity contribution < 1.29 is 14.3 Å². The lowest BCUT2D eigenvalue weighted by atomic mass is 10.2. The summed E-state index contributed by atoms with van der Waals surface area (Å²) >= 11 is 3.33. The number of ether oxygens (including phenoxy) is 1. The van der Waals surface area contributed by atoms with Crippen LogP contribution in [0.5, 0.6) is 0 Å². The monoisotopic (exact) mass is 340 g/mol. The van der Waals surface area contributed by atoms with Gasteiger partial charge < -0.3 is 15.0 Å². The van der Waals surface area contributed by atoms with Crippen LogP contribution in [-0.2, 0) is 14.3 Å². The van der Waals surface area contributed by atoms with Gasteiger partial charge in [-0.05, 0) is 41.9 Å². The summed E-state index contributed by atoms with van der Waals surface area (Å²) in [7, 11) is 0. The lowest BCUT2D eigenvalue weighted by molar-refractivity contribution is -0.151. The van der Waals surface area contributed by atoms with Crippen LogP contribution in [0, 0.1) is 0 Å². The Hall–Kier alpha value is -1.40. The Morgan fingerprint density at radius 1 is 1.25 bits per heavy atom. The van der Waals surface area contributed by atoms with E-state index < -0.39 is 11.8 Å². The van der Waals surface area contributed by atoms with Crippen molar-refractivity contribution >= 4 is 33.4 Å². The maximum atomic E-state index is 12.1. The summed E-state index contributed by atoms with van der Waals surface area (Å²) in [5, 5.41) is 2.62. The first-order valence-electron chi connectivity index (χ1n) is 6.47. The van der Waals surface area contributed by atoms with Crippen LogP contribution in [0.1, 0.15) is 13.8 Å². The Morgan fingerprint density at radius 2 is 1.85 bits per heavy atom. The topological polar surface area (TPSA) is 58.6 Å². The molecule has 0 spiro atoms. The number of rotatable bonds is 1. The van der Waals surface area contributed by atoms with Crippen molar-refractivity contribution in [2.75, 3.05) is 18.4 Å². The van der Waals surface area contributed by atoms with Crippen molar-refractivity contribution in [2.45, 2.75) is 26.1 Å². The number of anilines is 1. The zero-order valence-electron chi connectivity index (χ0n) is 11.4. The van der Waals surface area contributed by atoms with Crippen LogP contribution in [0.3, 0.4) is 0 Å². The number of hydrogen-bond donors (Lipinski definition) is 1. The van der Waals surface area contributed by atoms with E-state index in [4.69, 9.17) is 4.74 Å². The average Bonchev–Trinajstić information content (AvgIpc) is 2.39. The van der Waals surface area contributed by atoms with Gasteiger partial charge in [0.15, 0.2) is 0 Å². The summed E-state index contributed by atoms with van der Waals surface area (Å²) in [5.41, 5.74) is 0.584. The summed E-state index contributed by atoms with van der Waals surface area (Å²) in [6.07, 6.45) is -0.113. The molecule has 0 saturated carbocycles. The number of hydrogen-bond acceptors (Lipinski definition) is 3. The molecule has 108 valence electrons. The van der Waals surface area contributed by atoms with E-state index in [0.717, 1.165) is 4.47 Å². The van der Waals surface area contributed by atoms with Gasteiger partial charge in [-0.1, -0.05) is 12.1 Å². The number of benzene rings is 1. The summed E-state index contributed by atoms with van der Waals surface area (Å²) in [6.45, 7) is 4.66. The van der Waals surface area contributed by atoms with Crippen LogP contribution in [0.15, 0.2) is 28.7 Å². The molecule has 0 aromatic heterocycles. The fourth-order valence-corrected chi connectivity index (χ4v) is 2.61. The number of halogens is 1. The lowest BCUT2D eigenvalue weighted by Crippen LogP contribution is -2.51. The molecular formula is C14H17BrN2O3. The molecule has 2 unspecified atom stereocenters. The molecule has 1 aliphatic rings. The summed E-state index contributed by atoms with van der Waals surface area (Å²) in [4.78, 5) is 25.7. The SMILES string of the molecule is CC1CN(C(=O)C(=O)Nc2ccccc2Br)CC(C)O1. The van der Waals surface area contributed by atoms with Gasteiger partial charge in [0, 0.05) is 17.6 Å². The van der Waals surface area contributed by atoms with Crippen LogP contribution >= 0.6 is 15.9 Å². The molecule has 2 rings (SSSR count). The Labute approximate surface area is 126 Å². The number of morpholine rings is 1. The minimum Gasteiger partial charge on any atom is -0.372 e. The first-order valence-corrected chi connectivity index (χ1v) is 7.27. The summed E-state index contributed by atoms with van der Waals surface area (Å²) in [5.74, 6) is -1.15. The van der Waals surface area contributed by atoms with Crippen LogP contribution in [0.2, 0.25) is 0 Å². The third kappa shape index (κ3) is 3.58. The molecule has 0 radical (unpaired) electrons. The maximum absolute atomic E-state index is 12.1. The molecule has 1 aromatic carbocycles. The second kappa shape index (κ2) is 6.37. The number of nitrogens with one attached hydrogen (secondary N) is 1. The lowest BCUT2D eigenvalue weighted by Gasteiger charge is -2.34. The van der Waals surface area contributed by atoms with Crippen molar-refractivity contribution in [3.05, 3.63) is 28.7 Å². The second-order valence-electron chi connectivity index (χ2n) is 4.90. The molecule has 1 saturated heterocycles. The quantitative estimate of drug-likeness (QED) is 0.795. The number of para-hydroxylation sites is 1. The van der Waals surface area contributed by atoms with Crippen LogP contribution in [0.25, 0.3) is 0 Å². The van der Waals surface area contributed by atoms with E-state index in [0.29, 0.717) is 18.8 Å². The molecule has 20 heavy (non-hydrogen) atoms. The van der Waals surface area contributed by atoms with E-state index in [1.54, 1.807) is 18.2 Å². The maximum Gasteiger partial charge on any atom is 0.313 e. The molecule has 5 nitrogen and oxygen atoms in total. The van der Waals surface area contributed by atoms with Gasteiger partial charge in [-0.2, -0.15) is 0 Å². The first-order chi connectivity index (χ1) is 9.47. The molecule has 1 fully saturated rings. The van der Waals surface area contributed by atoms with Crippen molar-refractivity contribution in [1.29, 1.82) is 0 Å². The van der Waals surface area contributed by atoms with Gasteiger partial charge >= 0.3 is 11.8 Å². The number of carbonyl (C=O) groups excluding carboxylic acids is 2.